The van der Waals surface area contributed by atoms with Crippen molar-refractivity contribution < 1.29 is 0 Å². The highest BCUT2D eigenvalue weighted by Gasteiger charge is 2.27. The van der Waals surface area contributed by atoms with Gasteiger partial charge in [-0.3, -0.25) is 4.90 Å². The molecule has 94 valence electrons. The van der Waals surface area contributed by atoms with Crippen molar-refractivity contribution in [3.8, 4) is 0 Å². The Labute approximate surface area is 105 Å². The maximum Gasteiger partial charge on any atom is 0.0477 e. The number of fused-ring (bicyclic) bond motifs is 1. The lowest BCUT2D eigenvalue weighted by atomic mass is 10.1. The van der Waals surface area contributed by atoms with E-state index in [0.717, 1.165) is 13.1 Å². The van der Waals surface area contributed by atoms with Crippen LogP contribution in [0.15, 0.2) is 24.3 Å². The summed E-state index contributed by atoms with van der Waals surface area (Å²) in [5, 5.41) is 0. The molecule has 1 aliphatic heterocycles. The zero-order valence-electron chi connectivity index (χ0n) is 10.9. The van der Waals surface area contributed by atoms with Crippen LogP contribution < -0.4 is 5.73 Å². The number of hydrogen-bond acceptors (Lipinski definition) is 2. The summed E-state index contributed by atoms with van der Waals surface area (Å²) in [6, 6.07) is 9.19. The third-order valence-electron chi connectivity index (χ3n) is 3.75. The molecule has 1 aromatic carbocycles. The van der Waals surface area contributed by atoms with Gasteiger partial charge in [-0.2, -0.15) is 0 Å². The molecule has 2 N–H and O–H groups in total. The van der Waals surface area contributed by atoms with E-state index in [0.29, 0.717) is 6.04 Å². The van der Waals surface area contributed by atoms with Crippen molar-refractivity contribution in [1.29, 1.82) is 0 Å². The fourth-order valence-electron chi connectivity index (χ4n) is 2.78. The van der Waals surface area contributed by atoms with Crippen LogP contribution in [-0.2, 0) is 6.54 Å². The average molecular weight is 232 g/mol. The molecule has 0 saturated carbocycles. The van der Waals surface area contributed by atoms with Gasteiger partial charge >= 0.3 is 0 Å². The second-order valence-electron chi connectivity index (χ2n) is 4.98. The molecule has 1 aliphatic rings. The molecule has 1 heterocycles. The van der Waals surface area contributed by atoms with Crippen molar-refractivity contribution in [2.45, 2.75) is 45.2 Å². The van der Waals surface area contributed by atoms with Crippen molar-refractivity contribution in [3.05, 3.63) is 35.4 Å². The molecule has 17 heavy (non-hydrogen) atoms. The highest BCUT2D eigenvalue weighted by molar-refractivity contribution is 5.34. The Balaban J connectivity index is 1.93. The zero-order valence-corrected chi connectivity index (χ0v) is 10.9. The molecule has 1 aromatic rings. The SMILES string of the molecule is CCCCCCN1Cc2ccccc2C1CN. The van der Waals surface area contributed by atoms with Gasteiger partial charge in [0.1, 0.15) is 0 Å². The van der Waals surface area contributed by atoms with E-state index in [9.17, 15) is 0 Å². The van der Waals surface area contributed by atoms with E-state index < -0.39 is 0 Å². The van der Waals surface area contributed by atoms with Crippen LogP contribution in [0.2, 0.25) is 0 Å². The molecule has 2 rings (SSSR count). The smallest absolute Gasteiger partial charge is 0.0477 e. The summed E-state index contributed by atoms with van der Waals surface area (Å²) in [5.74, 6) is 0. The average Bonchev–Trinajstić information content (AvgIpc) is 2.72. The monoisotopic (exact) mass is 232 g/mol. The zero-order chi connectivity index (χ0) is 12.1. The van der Waals surface area contributed by atoms with Crippen LogP contribution in [-0.4, -0.2) is 18.0 Å². The topological polar surface area (TPSA) is 29.3 Å². The molecule has 2 nitrogen and oxygen atoms in total. The summed E-state index contributed by atoms with van der Waals surface area (Å²) in [6.07, 6.45) is 5.31. The Morgan fingerprint density at radius 3 is 2.82 bits per heavy atom. The molecule has 0 fully saturated rings. The maximum atomic E-state index is 5.93. The van der Waals surface area contributed by atoms with Crippen LogP contribution in [0.3, 0.4) is 0 Å². The summed E-state index contributed by atoms with van der Waals surface area (Å²) in [6.45, 7) is 5.28. The van der Waals surface area contributed by atoms with Crippen molar-refractivity contribution in [2.24, 2.45) is 5.73 Å². The third-order valence-corrected chi connectivity index (χ3v) is 3.75. The van der Waals surface area contributed by atoms with Crippen molar-refractivity contribution in [2.75, 3.05) is 13.1 Å². The molecule has 0 saturated heterocycles. The molecule has 0 bridgehead atoms. The Bertz CT molecular complexity index is 349. The van der Waals surface area contributed by atoms with Crippen LogP contribution in [0, 0.1) is 0 Å². The fourth-order valence-corrected chi connectivity index (χ4v) is 2.78. The molecule has 1 unspecified atom stereocenters. The Hall–Kier alpha value is -0.860. The first-order chi connectivity index (χ1) is 8.36. The summed E-state index contributed by atoms with van der Waals surface area (Å²) in [4.78, 5) is 2.54. The number of benzene rings is 1. The van der Waals surface area contributed by atoms with Gasteiger partial charge in [-0.1, -0.05) is 50.5 Å². The van der Waals surface area contributed by atoms with Crippen LogP contribution >= 0.6 is 0 Å². The summed E-state index contributed by atoms with van der Waals surface area (Å²) in [5.41, 5.74) is 8.85. The Morgan fingerprint density at radius 1 is 1.24 bits per heavy atom. The van der Waals surface area contributed by atoms with Gasteiger partial charge in [0, 0.05) is 19.1 Å². The maximum absolute atomic E-state index is 5.93. The van der Waals surface area contributed by atoms with Crippen LogP contribution in [0.5, 0.6) is 0 Å². The van der Waals surface area contributed by atoms with Gasteiger partial charge in [0.15, 0.2) is 0 Å². The van der Waals surface area contributed by atoms with E-state index >= 15 is 0 Å². The first-order valence-electron chi connectivity index (χ1n) is 6.88. The summed E-state index contributed by atoms with van der Waals surface area (Å²) >= 11 is 0. The molecule has 1 atom stereocenters. The Morgan fingerprint density at radius 2 is 2.06 bits per heavy atom. The minimum Gasteiger partial charge on any atom is -0.329 e. The molecule has 0 aliphatic carbocycles. The number of nitrogens with zero attached hydrogens (tertiary/aromatic N) is 1. The molecular formula is C15H24N2. The lowest BCUT2D eigenvalue weighted by Gasteiger charge is -2.23. The predicted octanol–water partition coefficient (Wildman–Crippen LogP) is 3.08. The van der Waals surface area contributed by atoms with E-state index in [-0.39, 0.29) is 0 Å². The van der Waals surface area contributed by atoms with Gasteiger partial charge in [0.2, 0.25) is 0 Å². The number of rotatable bonds is 6. The summed E-state index contributed by atoms with van der Waals surface area (Å²) < 4.78 is 0. The third kappa shape index (κ3) is 2.88. The van der Waals surface area contributed by atoms with E-state index in [4.69, 9.17) is 5.73 Å². The minimum absolute atomic E-state index is 0.452. The number of hydrogen-bond donors (Lipinski definition) is 1. The van der Waals surface area contributed by atoms with E-state index in [1.54, 1.807) is 0 Å². The lowest BCUT2D eigenvalue weighted by Crippen LogP contribution is -2.28. The van der Waals surface area contributed by atoms with Crippen molar-refractivity contribution >= 4 is 0 Å². The fraction of sp³-hybridized carbons (Fsp3) is 0.600. The van der Waals surface area contributed by atoms with Gasteiger partial charge in [-0.05, 0) is 24.1 Å². The van der Waals surface area contributed by atoms with Gasteiger partial charge in [-0.15, -0.1) is 0 Å². The predicted molar refractivity (Wildman–Crippen MR) is 72.8 cm³/mol. The van der Waals surface area contributed by atoms with Crippen molar-refractivity contribution in [1.82, 2.24) is 4.90 Å². The van der Waals surface area contributed by atoms with Gasteiger partial charge in [-0.25, -0.2) is 0 Å². The number of unbranched alkanes of at least 4 members (excludes halogenated alkanes) is 3. The molecule has 0 aromatic heterocycles. The van der Waals surface area contributed by atoms with Crippen LogP contribution in [0.25, 0.3) is 0 Å². The lowest BCUT2D eigenvalue weighted by molar-refractivity contribution is 0.215. The van der Waals surface area contributed by atoms with Gasteiger partial charge in [0.05, 0.1) is 0 Å². The van der Waals surface area contributed by atoms with E-state index in [1.165, 1.54) is 43.4 Å². The first kappa shape index (κ1) is 12.6. The van der Waals surface area contributed by atoms with Gasteiger partial charge < -0.3 is 5.73 Å². The van der Waals surface area contributed by atoms with E-state index in [1.807, 2.05) is 0 Å². The second kappa shape index (κ2) is 6.18. The highest BCUT2D eigenvalue weighted by atomic mass is 15.2. The quantitative estimate of drug-likeness (QED) is 0.764. The highest BCUT2D eigenvalue weighted by Crippen LogP contribution is 2.32. The van der Waals surface area contributed by atoms with Crippen molar-refractivity contribution in [3.63, 3.8) is 0 Å². The minimum atomic E-state index is 0.452. The van der Waals surface area contributed by atoms with Crippen LogP contribution in [0.4, 0.5) is 0 Å². The molecule has 0 radical (unpaired) electrons. The largest absolute Gasteiger partial charge is 0.329 e. The second-order valence-corrected chi connectivity index (χ2v) is 4.98. The first-order valence-corrected chi connectivity index (χ1v) is 6.88. The molecule has 0 amide bonds. The van der Waals surface area contributed by atoms with Gasteiger partial charge in [0.25, 0.3) is 0 Å². The van der Waals surface area contributed by atoms with E-state index in [2.05, 4.69) is 36.1 Å². The molecule has 0 spiro atoms. The number of nitrogens with two attached hydrogens (primary N) is 1. The standard InChI is InChI=1S/C15H24N2/c1-2-3-4-7-10-17-12-13-8-5-6-9-14(13)15(17)11-16/h5-6,8-9,15H,2-4,7,10-12,16H2,1H3. The summed E-state index contributed by atoms with van der Waals surface area (Å²) in [7, 11) is 0. The normalized spacial score (nSPS) is 19.5. The van der Waals surface area contributed by atoms with Crippen LogP contribution in [0.1, 0.15) is 49.8 Å². The molecule has 2 heteroatoms. The molecular weight excluding hydrogens is 208 g/mol. The Kier molecular flexibility index (Phi) is 4.57.